The average molecular weight is 202 g/mol. The molecule has 0 spiro atoms. The van der Waals surface area contributed by atoms with Crippen molar-refractivity contribution in [3.63, 3.8) is 0 Å². The van der Waals surface area contributed by atoms with Crippen LogP contribution in [0.1, 0.15) is 19.5 Å². The summed E-state index contributed by atoms with van der Waals surface area (Å²) in [5, 5.41) is 4.04. The molecule has 0 atom stereocenters. The molecule has 2 rings (SSSR count). The third-order valence-corrected chi connectivity index (χ3v) is 1.94. The molecule has 0 bridgehead atoms. The molecule has 15 heavy (non-hydrogen) atoms. The van der Waals surface area contributed by atoms with Gasteiger partial charge in [-0.05, 0) is 13.8 Å². The fourth-order valence-corrected chi connectivity index (χ4v) is 1.18. The number of nitrogens with one attached hydrogen (secondary N) is 1. The lowest BCUT2D eigenvalue weighted by molar-refractivity contribution is 1.14. The number of imidazole rings is 1. The zero-order valence-corrected chi connectivity index (χ0v) is 8.73. The number of amidine groups is 1. The van der Waals surface area contributed by atoms with E-state index in [0.29, 0.717) is 12.4 Å². The SMILES string of the molecule is CC(C)=CCN=C1N=C[N]c2[nH]cnc21. The van der Waals surface area contributed by atoms with E-state index in [1.165, 1.54) is 11.9 Å². The van der Waals surface area contributed by atoms with Gasteiger partial charge in [0.25, 0.3) is 0 Å². The van der Waals surface area contributed by atoms with Gasteiger partial charge in [0.2, 0.25) is 0 Å². The minimum Gasteiger partial charge on any atom is -0.329 e. The molecule has 1 aliphatic heterocycles. The number of hydrogen-bond donors (Lipinski definition) is 1. The Morgan fingerprint density at radius 2 is 2.40 bits per heavy atom. The van der Waals surface area contributed by atoms with E-state index in [1.54, 1.807) is 6.33 Å². The van der Waals surface area contributed by atoms with E-state index < -0.39 is 0 Å². The van der Waals surface area contributed by atoms with Crippen LogP contribution in [-0.4, -0.2) is 28.7 Å². The van der Waals surface area contributed by atoms with Crippen LogP contribution in [-0.2, 0) is 0 Å². The second-order valence-corrected chi connectivity index (χ2v) is 3.42. The van der Waals surface area contributed by atoms with E-state index in [4.69, 9.17) is 0 Å². The summed E-state index contributed by atoms with van der Waals surface area (Å²) in [5.74, 6) is 1.36. The molecule has 77 valence electrons. The van der Waals surface area contributed by atoms with Crippen LogP contribution in [0.4, 0.5) is 5.82 Å². The van der Waals surface area contributed by atoms with Gasteiger partial charge < -0.3 is 4.98 Å². The van der Waals surface area contributed by atoms with Crippen molar-refractivity contribution in [3.8, 4) is 0 Å². The van der Waals surface area contributed by atoms with Gasteiger partial charge in [-0.1, -0.05) is 11.6 Å². The molecule has 1 aromatic rings. The van der Waals surface area contributed by atoms with Gasteiger partial charge in [-0.3, -0.25) is 4.99 Å². The molecule has 1 aromatic heterocycles. The Kier molecular flexibility index (Phi) is 2.62. The van der Waals surface area contributed by atoms with Crippen LogP contribution in [0.3, 0.4) is 0 Å². The normalized spacial score (nSPS) is 16.0. The van der Waals surface area contributed by atoms with E-state index in [1.807, 2.05) is 19.9 Å². The summed E-state index contributed by atoms with van der Waals surface area (Å²) in [6.45, 7) is 4.71. The molecule has 5 nitrogen and oxygen atoms in total. The summed E-state index contributed by atoms with van der Waals surface area (Å²) < 4.78 is 0. The molecule has 2 heterocycles. The fraction of sp³-hybridized carbons (Fsp3) is 0.300. The molecule has 0 aromatic carbocycles. The topological polar surface area (TPSA) is 67.5 Å². The second kappa shape index (κ2) is 4.08. The monoisotopic (exact) mass is 202 g/mol. The summed E-state index contributed by atoms with van der Waals surface area (Å²) in [6, 6.07) is 0. The smallest absolute Gasteiger partial charge is 0.179 e. The van der Waals surface area contributed by atoms with Crippen LogP contribution >= 0.6 is 0 Å². The van der Waals surface area contributed by atoms with E-state index in [9.17, 15) is 0 Å². The van der Waals surface area contributed by atoms with Crippen molar-refractivity contribution in [2.75, 3.05) is 6.54 Å². The number of H-pyrrole nitrogens is 1. The number of aromatic amines is 1. The minimum atomic E-state index is 0.626. The molecule has 0 saturated heterocycles. The van der Waals surface area contributed by atoms with Crippen LogP contribution in [0.2, 0.25) is 0 Å². The van der Waals surface area contributed by atoms with Gasteiger partial charge in [0.1, 0.15) is 6.34 Å². The van der Waals surface area contributed by atoms with E-state index >= 15 is 0 Å². The molecule has 0 saturated carbocycles. The molecule has 0 aliphatic carbocycles. The number of nitrogens with zero attached hydrogens (tertiary/aromatic N) is 4. The van der Waals surface area contributed by atoms with E-state index in [2.05, 4.69) is 25.3 Å². The third kappa shape index (κ3) is 2.12. The van der Waals surface area contributed by atoms with Crippen molar-refractivity contribution in [2.45, 2.75) is 13.8 Å². The summed E-state index contributed by atoms with van der Waals surface area (Å²) >= 11 is 0. The Labute approximate surface area is 88.1 Å². The highest BCUT2D eigenvalue weighted by atomic mass is 15.1. The molecule has 0 fully saturated rings. The predicted molar refractivity (Wildman–Crippen MR) is 59.7 cm³/mol. The van der Waals surface area contributed by atoms with Gasteiger partial charge in [0.15, 0.2) is 17.3 Å². The van der Waals surface area contributed by atoms with Gasteiger partial charge in [0, 0.05) is 0 Å². The highest BCUT2D eigenvalue weighted by Crippen LogP contribution is 2.14. The van der Waals surface area contributed by atoms with Crippen molar-refractivity contribution in [3.05, 3.63) is 23.7 Å². The lowest BCUT2D eigenvalue weighted by atomic mass is 10.3. The number of aromatic nitrogens is 2. The van der Waals surface area contributed by atoms with Crippen LogP contribution in [0, 0.1) is 0 Å². The number of fused-ring (bicyclic) bond motifs is 1. The molecular formula is C10H12N5. The molecule has 1 radical (unpaired) electrons. The van der Waals surface area contributed by atoms with Crippen molar-refractivity contribution in [1.29, 1.82) is 0 Å². The van der Waals surface area contributed by atoms with Crippen LogP contribution in [0.15, 0.2) is 28.0 Å². The maximum absolute atomic E-state index is 4.34. The molecular weight excluding hydrogens is 190 g/mol. The van der Waals surface area contributed by atoms with Crippen molar-refractivity contribution in [1.82, 2.24) is 15.3 Å². The minimum absolute atomic E-state index is 0.626. The fourth-order valence-electron chi connectivity index (χ4n) is 1.18. The Bertz CT molecular complexity index is 434. The number of allylic oxidation sites excluding steroid dienone is 1. The first-order valence-electron chi connectivity index (χ1n) is 4.72. The lowest BCUT2D eigenvalue weighted by Gasteiger charge is -2.04. The standard InChI is InChI=1S/C10H12N5/c1-7(2)3-4-11-9-8-10(13-5-12-8)15-6-14-9/h3,5-6H,4H2,1-2H3,(H,12,13). The Morgan fingerprint density at radius 3 is 3.20 bits per heavy atom. The zero-order chi connectivity index (χ0) is 10.7. The Hall–Kier alpha value is -1.91. The summed E-state index contributed by atoms with van der Waals surface area (Å²) in [7, 11) is 0. The van der Waals surface area contributed by atoms with Crippen molar-refractivity contribution in [2.24, 2.45) is 9.98 Å². The van der Waals surface area contributed by atoms with E-state index in [0.717, 1.165) is 11.5 Å². The van der Waals surface area contributed by atoms with Gasteiger partial charge >= 0.3 is 0 Å². The molecule has 5 heteroatoms. The summed E-state index contributed by atoms with van der Waals surface area (Å²) in [5.41, 5.74) is 1.96. The van der Waals surface area contributed by atoms with Crippen LogP contribution in [0.5, 0.6) is 0 Å². The van der Waals surface area contributed by atoms with Gasteiger partial charge in [-0.25, -0.2) is 15.3 Å². The van der Waals surface area contributed by atoms with Crippen LogP contribution in [0.25, 0.3) is 0 Å². The number of aliphatic imine (C=N–C) groups is 2. The van der Waals surface area contributed by atoms with E-state index in [-0.39, 0.29) is 0 Å². The highest BCUT2D eigenvalue weighted by molar-refractivity contribution is 6.07. The average Bonchev–Trinajstić information content (AvgIpc) is 2.65. The number of hydrogen-bond acceptors (Lipinski definition) is 2. The predicted octanol–water partition coefficient (Wildman–Crippen LogP) is 1.40. The first-order valence-corrected chi connectivity index (χ1v) is 4.72. The van der Waals surface area contributed by atoms with Crippen LogP contribution < -0.4 is 5.32 Å². The Balaban J connectivity index is 2.20. The summed E-state index contributed by atoms with van der Waals surface area (Å²) in [4.78, 5) is 15.5. The first-order chi connectivity index (χ1) is 7.27. The molecule has 1 aliphatic rings. The maximum atomic E-state index is 4.34. The van der Waals surface area contributed by atoms with Crippen molar-refractivity contribution < 1.29 is 0 Å². The summed E-state index contributed by atoms with van der Waals surface area (Å²) in [6.07, 6.45) is 5.13. The lowest BCUT2D eigenvalue weighted by Crippen LogP contribution is -2.11. The molecule has 0 unspecified atom stereocenters. The maximum Gasteiger partial charge on any atom is 0.179 e. The zero-order valence-electron chi connectivity index (χ0n) is 8.73. The third-order valence-electron chi connectivity index (χ3n) is 1.94. The largest absolute Gasteiger partial charge is 0.329 e. The number of rotatable bonds is 2. The molecule has 1 N–H and O–H groups in total. The Morgan fingerprint density at radius 1 is 1.53 bits per heavy atom. The van der Waals surface area contributed by atoms with Crippen molar-refractivity contribution >= 4 is 18.0 Å². The highest BCUT2D eigenvalue weighted by Gasteiger charge is 2.15. The van der Waals surface area contributed by atoms with Gasteiger partial charge in [0.05, 0.1) is 12.9 Å². The molecule has 0 amide bonds. The first kappa shape index (κ1) is 9.64. The van der Waals surface area contributed by atoms with Gasteiger partial charge in [-0.15, -0.1) is 0 Å². The quantitative estimate of drug-likeness (QED) is 0.723. The van der Waals surface area contributed by atoms with Gasteiger partial charge in [-0.2, -0.15) is 0 Å². The second-order valence-electron chi connectivity index (χ2n) is 3.42.